The summed E-state index contributed by atoms with van der Waals surface area (Å²) in [5.74, 6) is -0.227. The Morgan fingerprint density at radius 2 is 1.89 bits per heavy atom. The van der Waals surface area contributed by atoms with E-state index in [9.17, 15) is 4.79 Å². The number of amides is 1. The summed E-state index contributed by atoms with van der Waals surface area (Å²) in [7, 11) is 0. The topological polar surface area (TPSA) is 41.5 Å². The predicted molar refractivity (Wildman–Crippen MR) is 81.2 cm³/mol. The van der Waals surface area contributed by atoms with Crippen molar-refractivity contribution in [3.05, 3.63) is 55.1 Å². The molecule has 0 spiro atoms. The third-order valence-electron chi connectivity index (χ3n) is 2.06. The van der Waals surface area contributed by atoms with Gasteiger partial charge in [0.2, 0.25) is 0 Å². The van der Waals surface area contributed by atoms with Gasteiger partial charge in [0, 0.05) is 14.9 Å². The van der Waals surface area contributed by atoms with Gasteiger partial charge in [-0.25, -0.2) is 5.43 Å². The van der Waals surface area contributed by atoms with Gasteiger partial charge in [0.1, 0.15) is 0 Å². The van der Waals surface area contributed by atoms with Crippen LogP contribution < -0.4 is 5.43 Å². The zero-order valence-electron chi connectivity index (χ0n) is 9.06. The van der Waals surface area contributed by atoms with Gasteiger partial charge in [-0.2, -0.15) is 5.10 Å². The molecule has 0 atom stereocenters. The van der Waals surface area contributed by atoms with Gasteiger partial charge in [0.25, 0.3) is 5.91 Å². The summed E-state index contributed by atoms with van der Waals surface area (Å²) < 4.78 is 1.97. The summed E-state index contributed by atoms with van der Waals surface area (Å²) in [6.45, 7) is 0. The average molecular weight is 388 g/mol. The number of rotatable bonds is 3. The predicted octanol–water partition coefficient (Wildman–Crippen LogP) is 4.04. The molecule has 3 nitrogen and oxygen atoms in total. The van der Waals surface area contributed by atoms with Gasteiger partial charge in [0.15, 0.2) is 0 Å². The van der Waals surface area contributed by atoms with Gasteiger partial charge in [-0.1, -0.05) is 15.9 Å². The van der Waals surface area contributed by atoms with E-state index in [-0.39, 0.29) is 5.91 Å². The summed E-state index contributed by atoms with van der Waals surface area (Å²) in [6, 6.07) is 10.9. The summed E-state index contributed by atoms with van der Waals surface area (Å²) in [5.41, 5.74) is 3.05. The first kappa shape index (κ1) is 13.5. The minimum absolute atomic E-state index is 0.227. The normalized spacial score (nSPS) is 10.8. The van der Waals surface area contributed by atoms with Crippen LogP contribution in [0.1, 0.15) is 15.2 Å². The quantitative estimate of drug-likeness (QED) is 0.626. The molecule has 0 fully saturated rings. The number of nitrogens with zero attached hydrogens (tertiary/aromatic N) is 1. The third kappa shape index (κ3) is 3.76. The molecular formula is C12H8Br2N2OS. The van der Waals surface area contributed by atoms with Crippen LogP contribution >= 0.6 is 43.2 Å². The number of thiophene rings is 1. The number of hydrogen-bond acceptors (Lipinski definition) is 3. The fraction of sp³-hybridized carbons (Fsp3) is 0. The minimum Gasteiger partial charge on any atom is -0.267 e. The molecule has 1 aromatic heterocycles. The number of hydrogen-bond donors (Lipinski definition) is 1. The van der Waals surface area contributed by atoms with E-state index in [1.807, 2.05) is 24.3 Å². The number of benzene rings is 1. The van der Waals surface area contributed by atoms with Crippen LogP contribution in [-0.4, -0.2) is 12.1 Å². The van der Waals surface area contributed by atoms with E-state index in [0.717, 1.165) is 13.1 Å². The molecule has 2 aromatic rings. The highest BCUT2D eigenvalue weighted by Gasteiger charge is 2.02. The first-order chi connectivity index (χ1) is 8.65. The smallest absolute Gasteiger partial charge is 0.267 e. The van der Waals surface area contributed by atoms with E-state index < -0.39 is 0 Å². The van der Waals surface area contributed by atoms with E-state index in [1.54, 1.807) is 29.7 Å². The lowest BCUT2D eigenvalue weighted by Gasteiger charge is -1.99. The van der Waals surface area contributed by atoms with Crippen molar-refractivity contribution < 1.29 is 4.79 Å². The molecule has 0 bridgehead atoms. The molecule has 1 amide bonds. The van der Waals surface area contributed by atoms with Crippen LogP contribution in [-0.2, 0) is 0 Å². The van der Waals surface area contributed by atoms with Crippen LogP contribution in [0.5, 0.6) is 0 Å². The van der Waals surface area contributed by atoms with Crippen molar-refractivity contribution in [3.8, 4) is 0 Å². The maximum Gasteiger partial charge on any atom is 0.271 e. The van der Waals surface area contributed by atoms with E-state index in [0.29, 0.717) is 5.56 Å². The second kappa shape index (κ2) is 6.26. The van der Waals surface area contributed by atoms with Crippen LogP contribution in [0.2, 0.25) is 0 Å². The van der Waals surface area contributed by atoms with E-state index in [4.69, 9.17) is 0 Å². The van der Waals surface area contributed by atoms with E-state index in [2.05, 4.69) is 42.4 Å². The number of nitrogens with one attached hydrogen (secondary N) is 1. The maximum atomic E-state index is 11.7. The molecule has 1 aromatic carbocycles. The lowest BCUT2D eigenvalue weighted by Crippen LogP contribution is -2.17. The number of halogens is 2. The monoisotopic (exact) mass is 386 g/mol. The standard InChI is InChI=1S/C12H8Br2N2OS/c13-9-3-1-8(2-4-9)12(17)16-15-7-10-5-6-11(14)18-10/h1-7H,(H,16,17). The fourth-order valence-electron chi connectivity index (χ4n) is 1.22. The number of carbonyl (C=O) groups excluding carboxylic acids is 1. The highest BCUT2D eigenvalue weighted by molar-refractivity contribution is 9.11. The Balaban J connectivity index is 1.96. The minimum atomic E-state index is -0.227. The molecule has 0 saturated heterocycles. The van der Waals surface area contributed by atoms with Crippen LogP contribution in [0, 0.1) is 0 Å². The molecule has 1 N–H and O–H groups in total. The molecule has 1 heterocycles. The summed E-state index contributed by atoms with van der Waals surface area (Å²) >= 11 is 8.22. The Kier molecular flexibility index (Phi) is 4.68. The Morgan fingerprint density at radius 1 is 1.17 bits per heavy atom. The molecule has 0 aliphatic heterocycles. The average Bonchev–Trinajstić information content (AvgIpc) is 2.76. The largest absolute Gasteiger partial charge is 0.271 e. The van der Waals surface area contributed by atoms with Crippen molar-refractivity contribution in [3.63, 3.8) is 0 Å². The molecule has 2 rings (SSSR count). The van der Waals surface area contributed by atoms with Gasteiger partial charge in [-0.05, 0) is 52.3 Å². The summed E-state index contributed by atoms with van der Waals surface area (Å²) in [4.78, 5) is 12.7. The molecule has 92 valence electrons. The SMILES string of the molecule is O=C(NN=Cc1ccc(Br)s1)c1ccc(Br)cc1. The first-order valence-corrected chi connectivity index (χ1v) is 7.40. The second-order valence-electron chi connectivity index (χ2n) is 3.35. The van der Waals surface area contributed by atoms with Crippen LogP contribution in [0.25, 0.3) is 0 Å². The third-order valence-corrected chi connectivity index (χ3v) is 4.15. The van der Waals surface area contributed by atoms with Crippen LogP contribution in [0.3, 0.4) is 0 Å². The van der Waals surface area contributed by atoms with Gasteiger partial charge >= 0.3 is 0 Å². The van der Waals surface area contributed by atoms with Crippen molar-refractivity contribution in [1.82, 2.24) is 5.43 Å². The van der Waals surface area contributed by atoms with Crippen molar-refractivity contribution in [2.75, 3.05) is 0 Å². The molecule has 0 unspecified atom stereocenters. The highest BCUT2D eigenvalue weighted by Crippen LogP contribution is 2.20. The van der Waals surface area contributed by atoms with Crippen molar-refractivity contribution in [2.24, 2.45) is 5.10 Å². The maximum absolute atomic E-state index is 11.7. The highest BCUT2D eigenvalue weighted by atomic mass is 79.9. The van der Waals surface area contributed by atoms with Crippen molar-refractivity contribution in [1.29, 1.82) is 0 Å². The van der Waals surface area contributed by atoms with Crippen molar-refractivity contribution in [2.45, 2.75) is 0 Å². The van der Waals surface area contributed by atoms with E-state index >= 15 is 0 Å². The lowest BCUT2D eigenvalue weighted by atomic mass is 10.2. The zero-order valence-corrected chi connectivity index (χ0v) is 13.0. The molecule has 0 aliphatic rings. The fourth-order valence-corrected chi connectivity index (χ4v) is 2.78. The van der Waals surface area contributed by atoms with Gasteiger partial charge in [-0.15, -0.1) is 11.3 Å². The molecular weight excluding hydrogens is 380 g/mol. The molecule has 0 radical (unpaired) electrons. The summed E-state index contributed by atoms with van der Waals surface area (Å²) in [5, 5.41) is 3.91. The lowest BCUT2D eigenvalue weighted by molar-refractivity contribution is 0.0955. The van der Waals surface area contributed by atoms with Gasteiger partial charge in [0.05, 0.1) is 10.0 Å². The number of carbonyl (C=O) groups is 1. The Labute approximate surface area is 125 Å². The van der Waals surface area contributed by atoms with Gasteiger partial charge < -0.3 is 0 Å². The summed E-state index contributed by atoms with van der Waals surface area (Å²) in [6.07, 6.45) is 1.62. The molecule has 0 aliphatic carbocycles. The van der Waals surface area contributed by atoms with E-state index in [1.165, 1.54) is 0 Å². The zero-order chi connectivity index (χ0) is 13.0. The molecule has 18 heavy (non-hydrogen) atoms. The molecule has 0 saturated carbocycles. The van der Waals surface area contributed by atoms with Crippen molar-refractivity contribution >= 4 is 55.3 Å². The first-order valence-electron chi connectivity index (χ1n) is 4.99. The second-order valence-corrected chi connectivity index (χ2v) is 6.76. The Hall–Kier alpha value is -0.980. The van der Waals surface area contributed by atoms with Crippen LogP contribution in [0.4, 0.5) is 0 Å². The van der Waals surface area contributed by atoms with Crippen LogP contribution in [0.15, 0.2) is 49.8 Å². The number of hydrazone groups is 1. The van der Waals surface area contributed by atoms with Gasteiger partial charge in [-0.3, -0.25) is 4.79 Å². The molecule has 6 heteroatoms. The Bertz CT molecular complexity index is 578. The Morgan fingerprint density at radius 3 is 2.50 bits per heavy atom.